The molecule has 1 heterocycles. The maximum absolute atomic E-state index is 5.92. The Kier molecular flexibility index (Phi) is 3.19. The molecule has 16 heavy (non-hydrogen) atoms. The monoisotopic (exact) mass is 223 g/mol. The van der Waals surface area contributed by atoms with Crippen LogP contribution in [0.2, 0.25) is 0 Å². The molecule has 1 aliphatic heterocycles. The molecule has 1 aliphatic rings. The predicted molar refractivity (Wildman–Crippen MR) is 61.8 cm³/mol. The number of rotatable bonds is 3. The summed E-state index contributed by atoms with van der Waals surface area (Å²) in [5.74, 6) is 1.47. The maximum Gasteiger partial charge on any atom is 0.163 e. The first-order valence-corrected chi connectivity index (χ1v) is 5.46. The van der Waals surface area contributed by atoms with Gasteiger partial charge in [0.1, 0.15) is 13.2 Å². The van der Waals surface area contributed by atoms with E-state index in [2.05, 4.69) is 0 Å². The van der Waals surface area contributed by atoms with Crippen LogP contribution in [-0.4, -0.2) is 19.3 Å². The molecule has 2 rings (SSSR count). The van der Waals surface area contributed by atoms with E-state index in [-0.39, 0.29) is 6.10 Å². The van der Waals surface area contributed by atoms with Crippen molar-refractivity contribution in [3.63, 3.8) is 0 Å². The van der Waals surface area contributed by atoms with Crippen LogP contribution >= 0.6 is 0 Å². The van der Waals surface area contributed by atoms with Gasteiger partial charge in [0.2, 0.25) is 0 Å². The Labute approximate surface area is 95.3 Å². The van der Waals surface area contributed by atoms with Crippen molar-refractivity contribution in [3.8, 4) is 11.5 Å². The second-order valence-corrected chi connectivity index (χ2v) is 4.05. The van der Waals surface area contributed by atoms with Gasteiger partial charge >= 0.3 is 0 Å². The van der Waals surface area contributed by atoms with Crippen molar-refractivity contribution < 1.29 is 14.2 Å². The van der Waals surface area contributed by atoms with E-state index in [0.717, 1.165) is 17.1 Å². The Morgan fingerprint density at radius 2 is 1.88 bits per heavy atom. The van der Waals surface area contributed by atoms with Crippen LogP contribution < -0.4 is 15.2 Å². The lowest BCUT2D eigenvalue weighted by molar-refractivity contribution is 0.0657. The van der Waals surface area contributed by atoms with Gasteiger partial charge in [0.15, 0.2) is 11.5 Å². The highest BCUT2D eigenvalue weighted by Crippen LogP contribution is 2.34. The summed E-state index contributed by atoms with van der Waals surface area (Å²) in [6.07, 6.45) is 0.188. The van der Waals surface area contributed by atoms with Gasteiger partial charge in [0, 0.05) is 17.3 Å². The zero-order chi connectivity index (χ0) is 11.5. The summed E-state index contributed by atoms with van der Waals surface area (Å²) in [5, 5.41) is 0. The van der Waals surface area contributed by atoms with E-state index in [1.807, 2.05) is 19.9 Å². The summed E-state index contributed by atoms with van der Waals surface area (Å²) in [7, 11) is 0. The summed E-state index contributed by atoms with van der Waals surface area (Å²) < 4.78 is 16.5. The Balaban J connectivity index is 2.18. The van der Waals surface area contributed by atoms with E-state index in [1.54, 1.807) is 6.07 Å². The van der Waals surface area contributed by atoms with Gasteiger partial charge in [0.25, 0.3) is 0 Å². The Hall–Kier alpha value is -1.42. The van der Waals surface area contributed by atoms with Crippen molar-refractivity contribution in [2.24, 2.45) is 0 Å². The van der Waals surface area contributed by atoms with E-state index in [0.29, 0.717) is 25.5 Å². The minimum absolute atomic E-state index is 0.188. The third-order valence-electron chi connectivity index (χ3n) is 2.38. The first-order valence-electron chi connectivity index (χ1n) is 5.46. The van der Waals surface area contributed by atoms with Crippen molar-refractivity contribution in [1.82, 2.24) is 0 Å². The number of ether oxygens (including phenoxy) is 3. The molecule has 0 bridgehead atoms. The maximum atomic E-state index is 5.92. The van der Waals surface area contributed by atoms with Gasteiger partial charge in [-0.3, -0.25) is 0 Å². The molecule has 2 N–H and O–H groups in total. The smallest absolute Gasteiger partial charge is 0.163 e. The third kappa shape index (κ3) is 2.39. The zero-order valence-corrected chi connectivity index (χ0v) is 9.66. The third-order valence-corrected chi connectivity index (χ3v) is 2.38. The minimum Gasteiger partial charge on any atom is -0.486 e. The van der Waals surface area contributed by atoms with Crippen LogP contribution in [0.25, 0.3) is 0 Å². The second kappa shape index (κ2) is 4.61. The van der Waals surface area contributed by atoms with Crippen LogP contribution in [-0.2, 0) is 11.3 Å². The predicted octanol–water partition coefficient (Wildman–Crippen LogP) is 1.96. The van der Waals surface area contributed by atoms with Crippen LogP contribution in [0, 0.1) is 0 Å². The zero-order valence-electron chi connectivity index (χ0n) is 9.66. The SMILES string of the molecule is CC(C)OCc1cc2c(cc1N)OCCO2. The number of fused-ring (bicyclic) bond motifs is 1. The molecule has 0 aliphatic carbocycles. The van der Waals surface area contributed by atoms with Gasteiger partial charge in [-0.1, -0.05) is 0 Å². The van der Waals surface area contributed by atoms with Gasteiger partial charge in [-0.25, -0.2) is 0 Å². The Morgan fingerprint density at radius 3 is 2.50 bits per heavy atom. The molecule has 0 aromatic heterocycles. The number of hydrogen-bond donors (Lipinski definition) is 1. The molecule has 1 aromatic rings. The number of hydrogen-bond acceptors (Lipinski definition) is 4. The molecule has 1 aromatic carbocycles. The van der Waals surface area contributed by atoms with Crippen molar-refractivity contribution in [2.75, 3.05) is 18.9 Å². The molecule has 0 radical (unpaired) electrons. The fourth-order valence-electron chi connectivity index (χ4n) is 1.53. The fourth-order valence-corrected chi connectivity index (χ4v) is 1.53. The summed E-state index contributed by atoms with van der Waals surface area (Å²) in [5.41, 5.74) is 7.54. The topological polar surface area (TPSA) is 53.7 Å². The molecule has 0 fully saturated rings. The molecule has 4 heteroatoms. The first-order chi connectivity index (χ1) is 7.66. The van der Waals surface area contributed by atoms with Crippen molar-refractivity contribution >= 4 is 5.69 Å². The average molecular weight is 223 g/mol. The van der Waals surface area contributed by atoms with Crippen LogP contribution in [0.4, 0.5) is 5.69 Å². The molecule has 88 valence electrons. The minimum atomic E-state index is 0.188. The molecule has 0 atom stereocenters. The van der Waals surface area contributed by atoms with Crippen molar-refractivity contribution in [2.45, 2.75) is 26.6 Å². The first kappa shape index (κ1) is 11.1. The van der Waals surface area contributed by atoms with Crippen molar-refractivity contribution in [1.29, 1.82) is 0 Å². The molecule has 0 amide bonds. The highest BCUT2D eigenvalue weighted by atomic mass is 16.6. The average Bonchev–Trinajstić information content (AvgIpc) is 2.26. The highest BCUT2D eigenvalue weighted by Gasteiger charge is 2.14. The van der Waals surface area contributed by atoms with Gasteiger partial charge < -0.3 is 19.9 Å². The van der Waals surface area contributed by atoms with Gasteiger partial charge in [-0.05, 0) is 19.9 Å². The second-order valence-electron chi connectivity index (χ2n) is 4.05. The lowest BCUT2D eigenvalue weighted by Gasteiger charge is -2.20. The largest absolute Gasteiger partial charge is 0.486 e. The summed E-state index contributed by atoms with van der Waals surface area (Å²) in [4.78, 5) is 0. The van der Waals surface area contributed by atoms with E-state index in [9.17, 15) is 0 Å². The molecular formula is C12H17NO3. The Bertz CT molecular complexity index is 377. The van der Waals surface area contributed by atoms with Crippen LogP contribution in [0.3, 0.4) is 0 Å². The number of nitrogens with two attached hydrogens (primary N) is 1. The number of anilines is 1. The summed E-state index contributed by atoms with van der Waals surface area (Å²) in [6.45, 7) is 5.65. The lowest BCUT2D eigenvalue weighted by Crippen LogP contribution is -2.16. The summed E-state index contributed by atoms with van der Waals surface area (Å²) in [6, 6.07) is 3.69. The van der Waals surface area contributed by atoms with Gasteiger partial charge in [-0.2, -0.15) is 0 Å². The number of nitrogen functional groups attached to an aromatic ring is 1. The standard InChI is InChI=1S/C12H17NO3/c1-8(2)16-7-9-5-11-12(6-10(9)13)15-4-3-14-11/h5-6,8H,3-4,7,13H2,1-2H3. The molecular weight excluding hydrogens is 206 g/mol. The molecule has 4 nitrogen and oxygen atoms in total. The number of benzene rings is 1. The molecule has 0 spiro atoms. The quantitative estimate of drug-likeness (QED) is 0.796. The normalized spacial score (nSPS) is 14.2. The lowest BCUT2D eigenvalue weighted by atomic mass is 10.1. The van der Waals surface area contributed by atoms with E-state index in [4.69, 9.17) is 19.9 Å². The molecule has 0 saturated carbocycles. The van der Waals surface area contributed by atoms with E-state index in [1.165, 1.54) is 0 Å². The van der Waals surface area contributed by atoms with Gasteiger partial charge in [-0.15, -0.1) is 0 Å². The fraction of sp³-hybridized carbons (Fsp3) is 0.500. The van der Waals surface area contributed by atoms with E-state index >= 15 is 0 Å². The molecule has 0 unspecified atom stereocenters. The highest BCUT2D eigenvalue weighted by molar-refractivity contribution is 5.58. The van der Waals surface area contributed by atoms with Crippen molar-refractivity contribution in [3.05, 3.63) is 17.7 Å². The molecule has 0 saturated heterocycles. The summed E-state index contributed by atoms with van der Waals surface area (Å²) >= 11 is 0. The van der Waals surface area contributed by atoms with Crippen LogP contribution in [0.15, 0.2) is 12.1 Å². The van der Waals surface area contributed by atoms with Crippen LogP contribution in [0.1, 0.15) is 19.4 Å². The Morgan fingerprint density at radius 1 is 1.25 bits per heavy atom. The van der Waals surface area contributed by atoms with E-state index < -0.39 is 0 Å². The van der Waals surface area contributed by atoms with Crippen LogP contribution in [0.5, 0.6) is 11.5 Å². The van der Waals surface area contributed by atoms with Gasteiger partial charge in [0.05, 0.1) is 12.7 Å².